The highest BCUT2D eigenvalue weighted by Gasteiger charge is 2.00. The first-order chi connectivity index (χ1) is 7.87. The van der Waals surface area contributed by atoms with Crippen LogP contribution in [0, 0.1) is 0 Å². The molecule has 0 spiro atoms. The molecule has 4 nitrogen and oxygen atoms in total. The highest BCUT2D eigenvalue weighted by Crippen LogP contribution is 1.86. The van der Waals surface area contributed by atoms with Crippen molar-refractivity contribution in [3.8, 4) is 0 Å². The molecule has 0 atom stereocenters. The summed E-state index contributed by atoms with van der Waals surface area (Å²) < 4.78 is 0. The van der Waals surface area contributed by atoms with Crippen molar-refractivity contribution in [2.75, 3.05) is 0 Å². The zero-order valence-corrected chi connectivity index (χ0v) is 11.0. The maximum Gasteiger partial charge on any atom is 0.303 e. The highest BCUT2D eigenvalue weighted by atomic mass is 16.4. The molecule has 17 heavy (non-hydrogen) atoms. The summed E-state index contributed by atoms with van der Waals surface area (Å²) in [5.74, 6) is -2.15. The topological polar surface area (TPSA) is 74.6 Å². The van der Waals surface area contributed by atoms with Gasteiger partial charge in [0, 0.05) is 0 Å². The van der Waals surface area contributed by atoms with Crippen LogP contribution in [0.2, 0.25) is 0 Å². The first-order valence-electron chi connectivity index (χ1n) is 5.02. The van der Waals surface area contributed by atoms with Gasteiger partial charge in [0.15, 0.2) is 0 Å². The van der Waals surface area contributed by atoms with Crippen LogP contribution >= 0.6 is 0 Å². The van der Waals surface area contributed by atoms with Gasteiger partial charge in [-0.05, 0) is 20.8 Å². The largest absolute Gasteiger partial charge is 0.481 e. The van der Waals surface area contributed by atoms with Gasteiger partial charge in [-0.1, -0.05) is 18.2 Å². The van der Waals surface area contributed by atoms with Gasteiger partial charge in [0.05, 0.1) is 12.8 Å². The van der Waals surface area contributed by atoms with Crippen LogP contribution in [0.15, 0.2) is 38.0 Å². The van der Waals surface area contributed by atoms with Crippen molar-refractivity contribution in [1.29, 1.82) is 0 Å². The summed E-state index contributed by atoms with van der Waals surface area (Å²) in [7, 11) is 0. The van der Waals surface area contributed by atoms with Crippen molar-refractivity contribution in [1.82, 2.24) is 0 Å². The van der Waals surface area contributed by atoms with Crippen LogP contribution in [-0.2, 0) is 9.59 Å². The Morgan fingerprint density at radius 3 is 1.00 bits per heavy atom. The van der Waals surface area contributed by atoms with Crippen LogP contribution in [0.5, 0.6) is 0 Å². The van der Waals surface area contributed by atoms with Crippen LogP contribution in [0.25, 0.3) is 0 Å². The van der Waals surface area contributed by atoms with Gasteiger partial charge in [-0.2, -0.15) is 0 Å². The Labute approximate surface area is 104 Å². The molecule has 0 saturated carbocycles. The Bertz CT molecular complexity index is 179. The average molecular weight is 244 g/mol. The fourth-order valence-corrected chi connectivity index (χ4v) is 0.214. The summed E-state index contributed by atoms with van der Waals surface area (Å²) >= 11 is 0. The molecular weight excluding hydrogens is 220 g/mol. The van der Waals surface area contributed by atoms with E-state index in [0.717, 1.165) is 0 Å². The fourth-order valence-electron chi connectivity index (χ4n) is 0.214. The van der Waals surface area contributed by atoms with Gasteiger partial charge >= 0.3 is 11.9 Å². The zero-order valence-electron chi connectivity index (χ0n) is 11.0. The molecule has 100 valence electrons. The van der Waals surface area contributed by atoms with E-state index in [9.17, 15) is 9.59 Å². The molecule has 2 N–H and O–H groups in total. The van der Waals surface area contributed by atoms with Gasteiger partial charge in [0.25, 0.3) is 0 Å². The first-order valence-corrected chi connectivity index (χ1v) is 5.02. The number of allylic oxidation sites excluding steroid dienone is 3. The Balaban J connectivity index is -0.0000000784. The molecule has 0 aromatic heterocycles. The normalized spacial score (nSPS) is 6.29. The molecule has 0 radical (unpaired) electrons. The van der Waals surface area contributed by atoms with E-state index >= 15 is 0 Å². The van der Waals surface area contributed by atoms with Crippen molar-refractivity contribution in [3.05, 3.63) is 38.0 Å². The zero-order chi connectivity index (χ0) is 14.7. The van der Waals surface area contributed by atoms with Crippen molar-refractivity contribution in [3.63, 3.8) is 0 Å². The molecule has 0 amide bonds. The van der Waals surface area contributed by atoms with E-state index in [-0.39, 0.29) is 12.8 Å². The summed E-state index contributed by atoms with van der Waals surface area (Å²) in [5, 5.41) is 15.8. The Morgan fingerprint density at radius 1 is 0.824 bits per heavy atom. The maximum absolute atomic E-state index is 9.64. The number of carbonyl (C=O) groups is 2. The molecule has 0 aromatic carbocycles. The predicted molar refractivity (Wildman–Crippen MR) is 72.1 cm³/mol. The van der Waals surface area contributed by atoms with Gasteiger partial charge in [-0.25, -0.2) is 0 Å². The third-order valence-corrected chi connectivity index (χ3v) is 0.553. The van der Waals surface area contributed by atoms with Gasteiger partial charge in [-0.3, -0.25) is 9.59 Å². The minimum Gasteiger partial charge on any atom is -0.481 e. The lowest BCUT2D eigenvalue weighted by Gasteiger charge is -1.85. The summed E-state index contributed by atoms with van der Waals surface area (Å²) in [6, 6.07) is 0. The minimum atomic E-state index is -1.08. The molecule has 0 aromatic rings. The second-order valence-electron chi connectivity index (χ2n) is 2.51. The number of hydrogen-bond donors (Lipinski definition) is 2. The van der Waals surface area contributed by atoms with Gasteiger partial charge in [0.2, 0.25) is 0 Å². The van der Waals surface area contributed by atoms with E-state index in [1.807, 2.05) is 20.8 Å². The average Bonchev–Trinajstić information content (AvgIpc) is 2.18. The predicted octanol–water partition coefficient (Wildman–Crippen LogP) is 3.51. The summed E-state index contributed by atoms with van der Waals surface area (Å²) in [6.45, 7) is 15.8. The van der Waals surface area contributed by atoms with Crippen LogP contribution in [0.1, 0.15) is 33.6 Å². The molecular formula is C13H24O4. The first kappa shape index (κ1) is 24.4. The standard InChI is InChI=1S/C4H6O4.3C3H6/c5-3(6)1-2-4(7)8;3*1-3-2/h1-2H2,(H,5,6)(H,7,8);3*3H,1H2,2H3. The van der Waals surface area contributed by atoms with E-state index in [0.29, 0.717) is 0 Å². The molecule has 0 heterocycles. The van der Waals surface area contributed by atoms with E-state index in [2.05, 4.69) is 19.7 Å². The lowest BCUT2D eigenvalue weighted by Crippen LogP contribution is -2.00. The third kappa shape index (κ3) is 210. The molecule has 0 aliphatic rings. The summed E-state index contributed by atoms with van der Waals surface area (Å²) in [6.07, 6.45) is 4.66. The minimum absolute atomic E-state index is 0.296. The van der Waals surface area contributed by atoms with Crippen molar-refractivity contribution >= 4 is 11.9 Å². The quantitative estimate of drug-likeness (QED) is 0.745. The number of carboxylic acids is 2. The molecule has 4 heteroatoms. The number of rotatable bonds is 3. The monoisotopic (exact) mass is 244 g/mol. The smallest absolute Gasteiger partial charge is 0.303 e. The van der Waals surface area contributed by atoms with Crippen molar-refractivity contribution in [2.45, 2.75) is 33.6 Å². The Hall–Kier alpha value is -1.84. The van der Waals surface area contributed by atoms with Gasteiger partial charge in [0.1, 0.15) is 0 Å². The van der Waals surface area contributed by atoms with Crippen LogP contribution in [-0.4, -0.2) is 22.2 Å². The van der Waals surface area contributed by atoms with E-state index in [1.54, 1.807) is 18.2 Å². The van der Waals surface area contributed by atoms with Crippen LogP contribution < -0.4 is 0 Å². The lowest BCUT2D eigenvalue weighted by atomic mass is 10.3. The van der Waals surface area contributed by atoms with E-state index in [4.69, 9.17) is 10.2 Å². The summed E-state index contributed by atoms with van der Waals surface area (Å²) in [5.41, 5.74) is 0. The van der Waals surface area contributed by atoms with E-state index in [1.165, 1.54) is 0 Å². The van der Waals surface area contributed by atoms with Crippen molar-refractivity contribution in [2.24, 2.45) is 0 Å². The fraction of sp³-hybridized carbons (Fsp3) is 0.385. The molecule has 0 saturated heterocycles. The Morgan fingerprint density at radius 2 is 0.941 bits per heavy atom. The third-order valence-electron chi connectivity index (χ3n) is 0.553. The van der Waals surface area contributed by atoms with E-state index < -0.39 is 11.9 Å². The number of aliphatic carboxylic acids is 2. The summed E-state index contributed by atoms with van der Waals surface area (Å²) in [4.78, 5) is 19.3. The van der Waals surface area contributed by atoms with Gasteiger partial charge < -0.3 is 10.2 Å². The van der Waals surface area contributed by atoms with Crippen molar-refractivity contribution < 1.29 is 19.8 Å². The second-order valence-corrected chi connectivity index (χ2v) is 2.51. The maximum atomic E-state index is 9.64. The molecule has 0 unspecified atom stereocenters. The number of hydrogen-bond acceptors (Lipinski definition) is 2. The lowest BCUT2D eigenvalue weighted by molar-refractivity contribution is -0.143. The van der Waals surface area contributed by atoms with Gasteiger partial charge in [-0.15, -0.1) is 19.7 Å². The molecule has 0 aliphatic carbocycles. The molecule has 0 aliphatic heterocycles. The SMILES string of the molecule is C=CC.C=CC.C=CC.O=C(O)CCC(=O)O. The molecule has 0 rings (SSSR count). The Kier molecular flexibility index (Phi) is 42.0. The van der Waals surface area contributed by atoms with Crippen LogP contribution in [0.4, 0.5) is 0 Å². The second kappa shape index (κ2) is 29.2. The van der Waals surface area contributed by atoms with Crippen LogP contribution in [0.3, 0.4) is 0 Å². The highest BCUT2D eigenvalue weighted by molar-refractivity contribution is 5.75. The number of carboxylic acid groups (broad SMARTS) is 2. The molecule has 0 fully saturated rings. The molecule has 0 bridgehead atoms.